The van der Waals surface area contributed by atoms with Gasteiger partial charge in [-0.25, -0.2) is 8.42 Å². The minimum Gasteiger partial charge on any atom is -0.495 e. The van der Waals surface area contributed by atoms with Crippen LogP contribution in [0, 0.1) is 0 Å². The highest BCUT2D eigenvalue weighted by Crippen LogP contribution is 2.29. The van der Waals surface area contributed by atoms with Gasteiger partial charge in [-0.3, -0.25) is 9.52 Å². The lowest BCUT2D eigenvalue weighted by molar-refractivity contribution is 0.101. The van der Waals surface area contributed by atoms with Crippen LogP contribution in [0.25, 0.3) is 10.9 Å². The third-order valence-corrected chi connectivity index (χ3v) is 5.57. The molecule has 1 amide bonds. The van der Waals surface area contributed by atoms with E-state index in [-0.39, 0.29) is 11.6 Å². The zero-order valence-electron chi connectivity index (χ0n) is 17.7. The molecule has 1 heterocycles. The molecule has 3 aromatic carbocycles. The van der Waals surface area contributed by atoms with Gasteiger partial charge >= 0.3 is 0 Å². The lowest BCUT2D eigenvalue weighted by Crippen LogP contribution is -2.18. The van der Waals surface area contributed by atoms with Gasteiger partial charge in [-0.15, -0.1) is 0 Å². The highest BCUT2D eigenvalue weighted by atomic mass is 32.2. The van der Waals surface area contributed by atoms with Crippen molar-refractivity contribution in [3.8, 4) is 5.75 Å². The van der Waals surface area contributed by atoms with E-state index in [1.54, 1.807) is 12.1 Å². The SMILES string of the molecule is COc1ccc(NC(=O)c2cc3ccccc3n2Cc2ccccc2)cc1NS(C)(=O)=O. The van der Waals surface area contributed by atoms with E-state index < -0.39 is 10.0 Å². The summed E-state index contributed by atoms with van der Waals surface area (Å²) in [7, 11) is -2.07. The zero-order chi connectivity index (χ0) is 22.7. The maximum atomic E-state index is 13.2. The van der Waals surface area contributed by atoms with E-state index in [4.69, 9.17) is 4.74 Å². The molecule has 0 unspecified atom stereocenters. The number of benzene rings is 3. The molecule has 0 fully saturated rings. The number of ether oxygens (including phenoxy) is 1. The van der Waals surface area contributed by atoms with Crippen LogP contribution in [0.1, 0.15) is 16.1 Å². The number of anilines is 2. The summed E-state index contributed by atoms with van der Waals surface area (Å²) in [6, 6.07) is 24.4. The summed E-state index contributed by atoms with van der Waals surface area (Å²) < 4.78 is 33.0. The molecule has 0 saturated heterocycles. The molecule has 0 spiro atoms. The molecule has 0 bridgehead atoms. The summed E-state index contributed by atoms with van der Waals surface area (Å²) in [5.41, 5.74) is 3.22. The van der Waals surface area contributed by atoms with Crippen molar-refractivity contribution in [1.29, 1.82) is 0 Å². The lowest BCUT2D eigenvalue weighted by atomic mass is 10.2. The number of carbonyl (C=O) groups excluding carboxylic acids is 1. The Kier molecular flexibility index (Phi) is 5.87. The number of rotatable bonds is 7. The van der Waals surface area contributed by atoms with E-state index in [2.05, 4.69) is 10.0 Å². The van der Waals surface area contributed by atoms with E-state index in [9.17, 15) is 13.2 Å². The fourth-order valence-electron chi connectivity index (χ4n) is 3.60. The summed E-state index contributed by atoms with van der Waals surface area (Å²) in [4.78, 5) is 13.2. The molecule has 0 radical (unpaired) electrons. The van der Waals surface area contributed by atoms with E-state index in [0.717, 1.165) is 22.7 Å². The molecule has 0 aliphatic rings. The van der Waals surface area contributed by atoms with Crippen molar-refractivity contribution in [3.05, 3.63) is 90.1 Å². The normalized spacial score (nSPS) is 11.3. The van der Waals surface area contributed by atoms with Gasteiger partial charge in [-0.2, -0.15) is 0 Å². The Bertz CT molecular complexity index is 1380. The lowest BCUT2D eigenvalue weighted by Gasteiger charge is -2.14. The Morgan fingerprint density at radius 3 is 2.41 bits per heavy atom. The number of amides is 1. The first kappa shape index (κ1) is 21.5. The van der Waals surface area contributed by atoms with Crippen molar-refractivity contribution < 1.29 is 17.9 Å². The predicted octanol–water partition coefficient (Wildman–Crippen LogP) is 4.32. The van der Waals surface area contributed by atoms with Crippen LogP contribution < -0.4 is 14.8 Å². The van der Waals surface area contributed by atoms with Crippen LogP contribution in [0.2, 0.25) is 0 Å². The van der Waals surface area contributed by atoms with Crippen LogP contribution in [0.15, 0.2) is 78.9 Å². The molecule has 0 aliphatic heterocycles. The molecule has 0 aliphatic carbocycles. The number of methoxy groups -OCH3 is 1. The Morgan fingerprint density at radius 2 is 1.69 bits per heavy atom. The van der Waals surface area contributed by atoms with E-state index in [1.165, 1.54) is 13.2 Å². The summed E-state index contributed by atoms with van der Waals surface area (Å²) in [6.45, 7) is 0.542. The summed E-state index contributed by atoms with van der Waals surface area (Å²) in [5, 5.41) is 3.83. The Morgan fingerprint density at radius 1 is 0.969 bits per heavy atom. The average molecular weight is 450 g/mol. The van der Waals surface area contributed by atoms with Gasteiger partial charge in [0.15, 0.2) is 0 Å². The van der Waals surface area contributed by atoms with Crippen molar-refractivity contribution in [3.63, 3.8) is 0 Å². The number of hydrogen-bond acceptors (Lipinski definition) is 4. The number of nitrogens with one attached hydrogen (secondary N) is 2. The molecule has 4 rings (SSSR count). The summed E-state index contributed by atoms with van der Waals surface area (Å²) in [5.74, 6) is 0.0548. The maximum Gasteiger partial charge on any atom is 0.272 e. The number of sulfonamides is 1. The number of para-hydroxylation sites is 1. The molecular weight excluding hydrogens is 426 g/mol. The monoisotopic (exact) mass is 449 g/mol. The van der Waals surface area contributed by atoms with Crippen molar-refractivity contribution in [2.45, 2.75) is 6.54 Å². The molecule has 4 aromatic rings. The number of fused-ring (bicyclic) bond motifs is 1. The standard InChI is InChI=1S/C24H23N3O4S/c1-31-23-13-12-19(15-20(23)26-32(2,29)30)25-24(28)22-14-18-10-6-7-11-21(18)27(22)16-17-8-4-3-5-9-17/h3-15,26H,16H2,1-2H3,(H,25,28). The second-order valence-corrected chi connectivity index (χ2v) is 9.15. The van der Waals surface area contributed by atoms with Gasteiger partial charge in [-0.05, 0) is 35.9 Å². The van der Waals surface area contributed by atoms with Gasteiger partial charge in [0.2, 0.25) is 10.0 Å². The van der Waals surface area contributed by atoms with Crippen LogP contribution in [-0.4, -0.2) is 32.3 Å². The third-order valence-electron chi connectivity index (χ3n) is 4.98. The number of carbonyl (C=O) groups is 1. The first-order valence-electron chi connectivity index (χ1n) is 9.93. The number of aromatic nitrogens is 1. The van der Waals surface area contributed by atoms with Crippen LogP contribution in [-0.2, 0) is 16.6 Å². The van der Waals surface area contributed by atoms with Crippen LogP contribution >= 0.6 is 0 Å². The fraction of sp³-hybridized carbons (Fsp3) is 0.125. The van der Waals surface area contributed by atoms with Crippen molar-refractivity contribution >= 4 is 38.2 Å². The summed E-state index contributed by atoms with van der Waals surface area (Å²) in [6.07, 6.45) is 1.06. The Labute approximate surface area is 186 Å². The summed E-state index contributed by atoms with van der Waals surface area (Å²) >= 11 is 0. The quantitative estimate of drug-likeness (QED) is 0.440. The van der Waals surface area contributed by atoms with Gasteiger partial charge in [0, 0.05) is 23.1 Å². The highest BCUT2D eigenvalue weighted by molar-refractivity contribution is 7.92. The van der Waals surface area contributed by atoms with Gasteiger partial charge in [0.1, 0.15) is 11.4 Å². The molecule has 32 heavy (non-hydrogen) atoms. The molecule has 8 heteroatoms. The molecule has 164 valence electrons. The fourth-order valence-corrected chi connectivity index (χ4v) is 4.15. The Hall–Kier alpha value is -3.78. The van der Waals surface area contributed by atoms with Crippen molar-refractivity contribution in [1.82, 2.24) is 4.57 Å². The minimum atomic E-state index is -3.51. The highest BCUT2D eigenvalue weighted by Gasteiger charge is 2.17. The van der Waals surface area contributed by atoms with Gasteiger partial charge in [0.25, 0.3) is 5.91 Å². The van der Waals surface area contributed by atoms with Gasteiger partial charge in [0.05, 0.1) is 19.1 Å². The predicted molar refractivity (Wildman–Crippen MR) is 127 cm³/mol. The molecular formula is C24H23N3O4S. The first-order chi connectivity index (χ1) is 15.3. The van der Waals surface area contributed by atoms with E-state index in [0.29, 0.717) is 23.7 Å². The zero-order valence-corrected chi connectivity index (χ0v) is 18.5. The minimum absolute atomic E-state index is 0.248. The number of hydrogen-bond donors (Lipinski definition) is 2. The second kappa shape index (κ2) is 8.76. The second-order valence-electron chi connectivity index (χ2n) is 7.40. The van der Waals surface area contributed by atoms with Gasteiger partial charge < -0.3 is 14.6 Å². The van der Waals surface area contributed by atoms with Crippen molar-refractivity contribution in [2.75, 3.05) is 23.4 Å². The largest absolute Gasteiger partial charge is 0.495 e. The topological polar surface area (TPSA) is 89.4 Å². The van der Waals surface area contributed by atoms with Crippen LogP contribution in [0.4, 0.5) is 11.4 Å². The molecule has 2 N–H and O–H groups in total. The molecule has 0 saturated carbocycles. The van der Waals surface area contributed by atoms with E-state index >= 15 is 0 Å². The first-order valence-corrected chi connectivity index (χ1v) is 11.8. The third kappa shape index (κ3) is 4.76. The van der Waals surface area contributed by atoms with E-state index in [1.807, 2.05) is 65.2 Å². The molecule has 7 nitrogen and oxygen atoms in total. The Balaban J connectivity index is 1.69. The van der Waals surface area contributed by atoms with Crippen LogP contribution in [0.3, 0.4) is 0 Å². The number of nitrogens with zero attached hydrogens (tertiary/aromatic N) is 1. The smallest absolute Gasteiger partial charge is 0.272 e. The maximum absolute atomic E-state index is 13.2. The van der Waals surface area contributed by atoms with Crippen molar-refractivity contribution in [2.24, 2.45) is 0 Å². The molecule has 1 aromatic heterocycles. The average Bonchev–Trinajstić information content (AvgIpc) is 3.12. The molecule has 0 atom stereocenters. The van der Waals surface area contributed by atoms with Gasteiger partial charge in [-0.1, -0.05) is 48.5 Å². The van der Waals surface area contributed by atoms with Crippen LogP contribution in [0.5, 0.6) is 5.75 Å².